The van der Waals surface area contributed by atoms with Crippen molar-refractivity contribution < 1.29 is 0 Å². The number of aromatic nitrogens is 1. The number of hydrogen-bond donors (Lipinski definition) is 1. The molecule has 2 N–H and O–H groups in total. The number of rotatable bonds is 2. The van der Waals surface area contributed by atoms with Gasteiger partial charge in [-0.3, -0.25) is 0 Å². The zero-order valence-electron chi connectivity index (χ0n) is 9.22. The first-order valence-electron chi connectivity index (χ1n) is 5.30. The average molecular weight is 253 g/mol. The molecule has 1 aromatic rings. The molecule has 86 valence electrons. The van der Waals surface area contributed by atoms with E-state index in [9.17, 15) is 0 Å². The third-order valence-electron chi connectivity index (χ3n) is 2.65. The van der Waals surface area contributed by atoms with Crippen LogP contribution in [-0.2, 0) is 0 Å². The van der Waals surface area contributed by atoms with Gasteiger partial charge in [0, 0.05) is 24.1 Å². The van der Waals surface area contributed by atoms with Crippen molar-refractivity contribution in [1.82, 2.24) is 4.98 Å². The minimum atomic E-state index is 0.362. The largest absolute Gasteiger partial charge is 0.388 e. The van der Waals surface area contributed by atoms with Crippen LogP contribution in [0.3, 0.4) is 0 Å². The summed E-state index contributed by atoms with van der Waals surface area (Å²) in [6.45, 7) is 3.26. The van der Waals surface area contributed by atoms with E-state index in [1.54, 1.807) is 0 Å². The summed E-state index contributed by atoms with van der Waals surface area (Å²) >= 11 is 6.94. The number of thioether (sulfide) groups is 1. The third-order valence-corrected chi connectivity index (χ3v) is 4.05. The summed E-state index contributed by atoms with van der Waals surface area (Å²) in [5, 5.41) is 0. The van der Waals surface area contributed by atoms with Crippen molar-refractivity contribution >= 4 is 34.8 Å². The predicted octanol–water partition coefficient (Wildman–Crippen LogP) is 1.66. The van der Waals surface area contributed by atoms with Crippen LogP contribution >= 0.6 is 24.0 Å². The lowest BCUT2D eigenvalue weighted by molar-refractivity contribution is 0.689. The molecular formula is C11H15N3S2. The van der Waals surface area contributed by atoms with Crippen molar-refractivity contribution in [3.8, 4) is 0 Å². The molecule has 2 rings (SSSR count). The lowest BCUT2D eigenvalue weighted by atomic mass is 10.2. The molecule has 0 radical (unpaired) electrons. The SMILES string of the molecule is CC1CSCCN1c1cccc(C(N)=S)n1. The van der Waals surface area contributed by atoms with Gasteiger partial charge >= 0.3 is 0 Å². The van der Waals surface area contributed by atoms with Gasteiger partial charge in [0.25, 0.3) is 0 Å². The first-order chi connectivity index (χ1) is 7.68. The topological polar surface area (TPSA) is 42.1 Å². The van der Waals surface area contributed by atoms with Crippen LogP contribution < -0.4 is 10.6 Å². The van der Waals surface area contributed by atoms with Gasteiger partial charge in [-0.1, -0.05) is 18.3 Å². The second-order valence-corrected chi connectivity index (χ2v) is 5.45. The number of anilines is 1. The number of nitrogens with two attached hydrogens (primary N) is 1. The molecule has 0 bridgehead atoms. The smallest absolute Gasteiger partial charge is 0.129 e. The minimum Gasteiger partial charge on any atom is -0.388 e. The highest BCUT2D eigenvalue weighted by Crippen LogP contribution is 2.22. The molecule has 1 aliphatic rings. The second kappa shape index (κ2) is 5.01. The molecule has 1 aliphatic heterocycles. The van der Waals surface area contributed by atoms with Crippen LogP contribution in [0.25, 0.3) is 0 Å². The van der Waals surface area contributed by atoms with Gasteiger partial charge in [0.15, 0.2) is 0 Å². The monoisotopic (exact) mass is 253 g/mol. The van der Waals surface area contributed by atoms with Crippen LogP contribution in [0.1, 0.15) is 12.6 Å². The number of nitrogens with zero attached hydrogens (tertiary/aromatic N) is 2. The number of hydrogen-bond acceptors (Lipinski definition) is 4. The standard InChI is InChI=1S/C11H15N3S2/c1-8-7-16-6-5-14(8)10-4-2-3-9(13-10)11(12)15/h2-4,8H,5-7H2,1H3,(H2,12,15). The summed E-state index contributed by atoms with van der Waals surface area (Å²) in [5.74, 6) is 3.29. The molecule has 16 heavy (non-hydrogen) atoms. The first-order valence-corrected chi connectivity index (χ1v) is 6.86. The Kier molecular flexibility index (Phi) is 3.66. The van der Waals surface area contributed by atoms with E-state index in [0.717, 1.165) is 23.9 Å². The van der Waals surface area contributed by atoms with E-state index in [-0.39, 0.29) is 0 Å². The fourth-order valence-electron chi connectivity index (χ4n) is 1.79. The van der Waals surface area contributed by atoms with Crippen LogP contribution in [0, 0.1) is 0 Å². The molecule has 1 unspecified atom stereocenters. The Bertz CT molecular complexity index is 395. The van der Waals surface area contributed by atoms with Crippen LogP contribution in [0.15, 0.2) is 18.2 Å². The van der Waals surface area contributed by atoms with Crippen molar-refractivity contribution in [1.29, 1.82) is 0 Å². The average Bonchev–Trinajstić information content (AvgIpc) is 2.30. The third kappa shape index (κ3) is 2.47. The van der Waals surface area contributed by atoms with E-state index in [0.29, 0.717) is 16.7 Å². The predicted molar refractivity (Wildman–Crippen MR) is 74.3 cm³/mol. The van der Waals surface area contributed by atoms with Crippen molar-refractivity contribution in [3.63, 3.8) is 0 Å². The molecule has 5 heteroatoms. The molecular weight excluding hydrogens is 238 g/mol. The molecule has 0 spiro atoms. The number of thiocarbonyl (C=S) groups is 1. The molecule has 1 atom stereocenters. The Labute approximate surface area is 105 Å². The normalized spacial score (nSPS) is 20.8. The Morgan fingerprint density at radius 2 is 2.44 bits per heavy atom. The first kappa shape index (κ1) is 11.7. The maximum Gasteiger partial charge on any atom is 0.129 e. The van der Waals surface area contributed by atoms with E-state index in [1.165, 1.54) is 0 Å². The molecule has 3 nitrogen and oxygen atoms in total. The molecule has 1 saturated heterocycles. The van der Waals surface area contributed by atoms with E-state index in [2.05, 4.69) is 16.8 Å². The van der Waals surface area contributed by atoms with Crippen LogP contribution in [0.2, 0.25) is 0 Å². The van der Waals surface area contributed by atoms with E-state index in [1.807, 2.05) is 30.0 Å². The van der Waals surface area contributed by atoms with E-state index in [4.69, 9.17) is 18.0 Å². The van der Waals surface area contributed by atoms with E-state index >= 15 is 0 Å². The summed E-state index contributed by atoms with van der Waals surface area (Å²) in [6, 6.07) is 6.36. The fourth-order valence-corrected chi connectivity index (χ4v) is 2.92. The van der Waals surface area contributed by atoms with Gasteiger partial charge in [-0.2, -0.15) is 11.8 Å². The fraction of sp³-hybridized carbons (Fsp3) is 0.455. The van der Waals surface area contributed by atoms with Crippen LogP contribution in [0.4, 0.5) is 5.82 Å². The zero-order chi connectivity index (χ0) is 11.5. The maximum atomic E-state index is 5.59. The van der Waals surface area contributed by atoms with Crippen molar-refractivity contribution in [2.75, 3.05) is 23.0 Å². The summed E-state index contributed by atoms with van der Waals surface area (Å²) in [5.41, 5.74) is 6.30. The zero-order valence-corrected chi connectivity index (χ0v) is 10.9. The molecule has 0 saturated carbocycles. The highest BCUT2D eigenvalue weighted by Gasteiger charge is 2.20. The lowest BCUT2D eigenvalue weighted by Crippen LogP contribution is -2.41. The maximum absolute atomic E-state index is 5.59. The molecule has 1 aromatic heterocycles. The van der Waals surface area contributed by atoms with Gasteiger partial charge in [0.2, 0.25) is 0 Å². The van der Waals surface area contributed by atoms with Crippen LogP contribution in [0.5, 0.6) is 0 Å². The van der Waals surface area contributed by atoms with Gasteiger partial charge in [-0.05, 0) is 19.1 Å². The minimum absolute atomic E-state index is 0.362. The van der Waals surface area contributed by atoms with Crippen LogP contribution in [-0.4, -0.2) is 34.1 Å². The van der Waals surface area contributed by atoms with Crippen molar-refractivity contribution in [2.45, 2.75) is 13.0 Å². The Hall–Kier alpha value is -0.810. The Morgan fingerprint density at radius 3 is 3.12 bits per heavy atom. The summed E-state index contributed by atoms with van der Waals surface area (Å²) in [4.78, 5) is 7.18. The molecule has 2 heterocycles. The van der Waals surface area contributed by atoms with Gasteiger partial charge in [-0.15, -0.1) is 0 Å². The molecule has 0 aromatic carbocycles. The second-order valence-electron chi connectivity index (χ2n) is 3.86. The summed E-state index contributed by atoms with van der Waals surface area (Å²) in [6.07, 6.45) is 0. The Balaban J connectivity index is 2.25. The highest BCUT2D eigenvalue weighted by atomic mass is 32.2. The van der Waals surface area contributed by atoms with Crippen molar-refractivity contribution in [3.05, 3.63) is 23.9 Å². The summed E-state index contributed by atoms with van der Waals surface area (Å²) < 4.78 is 0. The molecule has 0 aliphatic carbocycles. The van der Waals surface area contributed by atoms with E-state index < -0.39 is 0 Å². The van der Waals surface area contributed by atoms with Gasteiger partial charge in [-0.25, -0.2) is 4.98 Å². The quantitative estimate of drug-likeness (QED) is 0.812. The lowest BCUT2D eigenvalue weighted by Gasteiger charge is -2.34. The molecule has 0 amide bonds. The Morgan fingerprint density at radius 1 is 1.62 bits per heavy atom. The highest BCUT2D eigenvalue weighted by molar-refractivity contribution is 7.99. The number of pyridine rings is 1. The van der Waals surface area contributed by atoms with Crippen molar-refractivity contribution in [2.24, 2.45) is 5.73 Å². The van der Waals surface area contributed by atoms with Gasteiger partial charge in [0.05, 0.1) is 5.69 Å². The van der Waals surface area contributed by atoms with Gasteiger partial charge < -0.3 is 10.6 Å². The van der Waals surface area contributed by atoms with Gasteiger partial charge in [0.1, 0.15) is 10.8 Å². The molecule has 1 fully saturated rings. The summed E-state index contributed by atoms with van der Waals surface area (Å²) in [7, 11) is 0.